The minimum atomic E-state index is -0.498. The van der Waals surface area contributed by atoms with Crippen molar-refractivity contribution in [3.63, 3.8) is 0 Å². The van der Waals surface area contributed by atoms with Crippen LogP contribution in [0.5, 0.6) is 0 Å². The summed E-state index contributed by atoms with van der Waals surface area (Å²) in [6, 6.07) is 10.2. The van der Waals surface area contributed by atoms with Crippen molar-refractivity contribution < 1.29 is 0 Å². The monoisotopic (exact) mass is 298 g/mol. The molecular formula is C13H12Cl2N2S. The Morgan fingerprint density at radius 2 is 2.06 bits per heavy atom. The first-order valence-corrected chi connectivity index (χ1v) is 7.50. The number of nitrogens with one attached hydrogen (secondary N) is 1. The summed E-state index contributed by atoms with van der Waals surface area (Å²) in [4.78, 5) is 7.67. The van der Waals surface area contributed by atoms with Gasteiger partial charge in [-0.2, -0.15) is 0 Å². The number of halogens is 2. The number of imidazole rings is 1. The van der Waals surface area contributed by atoms with E-state index in [1.807, 2.05) is 24.4 Å². The Morgan fingerprint density at radius 1 is 1.33 bits per heavy atom. The molecule has 2 aromatic rings. The van der Waals surface area contributed by atoms with Crippen LogP contribution in [-0.4, -0.2) is 20.1 Å². The van der Waals surface area contributed by atoms with Crippen LogP contribution in [0.1, 0.15) is 6.42 Å². The highest BCUT2D eigenvalue weighted by Crippen LogP contribution is 2.54. The highest BCUT2D eigenvalue weighted by Gasteiger charge is 2.51. The number of hydrogen-bond acceptors (Lipinski definition) is 2. The minimum Gasteiger partial charge on any atom is -0.333 e. The maximum Gasteiger partial charge on any atom is 0.165 e. The number of aromatic amines is 1. The van der Waals surface area contributed by atoms with Crippen LogP contribution in [0.25, 0.3) is 11.3 Å². The Morgan fingerprint density at radius 3 is 2.72 bits per heavy atom. The van der Waals surface area contributed by atoms with E-state index >= 15 is 0 Å². The summed E-state index contributed by atoms with van der Waals surface area (Å²) in [6.45, 7) is 0. The van der Waals surface area contributed by atoms with E-state index in [2.05, 4.69) is 22.1 Å². The zero-order valence-corrected chi connectivity index (χ0v) is 11.9. The first-order valence-electron chi connectivity index (χ1n) is 5.76. The standard InChI is InChI=1S/C13H12Cl2N2S/c14-13(15)6-10(13)8-18-12-16-7-11(17-12)9-4-2-1-3-5-9/h1-5,7,10H,6,8H2,(H,16,17)/t10-/m1/s1. The second-order valence-electron chi connectivity index (χ2n) is 4.44. The van der Waals surface area contributed by atoms with Gasteiger partial charge in [-0.15, -0.1) is 23.2 Å². The summed E-state index contributed by atoms with van der Waals surface area (Å²) in [6.07, 6.45) is 2.74. The highest BCUT2D eigenvalue weighted by atomic mass is 35.5. The molecule has 18 heavy (non-hydrogen) atoms. The maximum absolute atomic E-state index is 6.00. The molecule has 0 spiro atoms. The normalized spacial score (nSPS) is 20.9. The number of H-pyrrole nitrogens is 1. The van der Waals surface area contributed by atoms with Gasteiger partial charge >= 0.3 is 0 Å². The molecule has 0 bridgehead atoms. The lowest BCUT2D eigenvalue weighted by Gasteiger charge is -1.98. The Labute approximate surface area is 120 Å². The van der Waals surface area contributed by atoms with Crippen LogP contribution in [-0.2, 0) is 0 Å². The molecule has 1 fully saturated rings. The van der Waals surface area contributed by atoms with Crippen molar-refractivity contribution in [2.75, 3.05) is 5.75 Å². The lowest BCUT2D eigenvalue weighted by Crippen LogP contribution is -1.93. The molecule has 1 aliphatic rings. The van der Waals surface area contributed by atoms with Crippen molar-refractivity contribution in [1.82, 2.24) is 9.97 Å². The molecule has 0 aliphatic heterocycles. The number of rotatable bonds is 4. The highest BCUT2D eigenvalue weighted by molar-refractivity contribution is 7.99. The smallest absolute Gasteiger partial charge is 0.165 e. The van der Waals surface area contributed by atoms with E-state index < -0.39 is 4.33 Å². The SMILES string of the molecule is ClC1(Cl)C[C@@H]1CSc1ncc(-c2ccccc2)[nH]1. The van der Waals surface area contributed by atoms with Gasteiger partial charge in [0.2, 0.25) is 0 Å². The number of nitrogens with zero attached hydrogens (tertiary/aromatic N) is 1. The van der Waals surface area contributed by atoms with Gasteiger partial charge < -0.3 is 4.98 Å². The second-order valence-corrected chi connectivity index (χ2v) is 6.99. The maximum atomic E-state index is 6.00. The molecular weight excluding hydrogens is 287 g/mol. The van der Waals surface area contributed by atoms with Gasteiger partial charge in [0.25, 0.3) is 0 Å². The minimum absolute atomic E-state index is 0.385. The van der Waals surface area contributed by atoms with Gasteiger partial charge in [0.05, 0.1) is 11.9 Å². The molecule has 1 atom stereocenters. The average Bonchev–Trinajstić information content (AvgIpc) is 2.79. The summed E-state index contributed by atoms with van der Waals surface area (Å²) < 4.78 is -0.498. The fourth-order valence-corrected chi connectivity index (χ4v) is 3.55. The van der Waals surface area contributed by atoms with E-state index in [4.69, 9.17) is 23.2 Å². The number of alkyl halides is 2. The molecule has 0 unspecified atom stereocenters. The van der Waals surface area contributed by atoms with E-state index in [1.54, 1.807) is 11.8 Å². The molecule has 0 saturated heterocycles. The number of benzene rings is 1. The molecule has 1 aromatic heterocycles. The van der Waals surface area contributed by atoms with Gasteiger partial charge in [0.15, 0.2) is 5.16 Å². The van der Waals surface area contributed by atoms with E-state index in [9.17, 15) is 0 Å². The van der Waals surface area contributed by atoms with Crippen molar-refractivity contribution in [1.29, 1.82) is 0 Å². The number of aromatic nitrogens is 2. The lowest BCUT2D eigenvalue weighted by molar-refractivity contribution is 0.966. The van der Waals surface area contributed by atoms with Gasteiger partial charge in [0.1, 0.15) is 4.33 Å². The predicted molar refractivity (Wildman–Crippen MR) is 77.3 cm³/mol. The molecule has 1 heterocycles. The summed E-state index contributed by atoms with van der Waals surface area (Å²) in [7, 11) is 0. The van der Waals surface area contributed by atoms with Crippen molar-refractivity contribution in [2.45, 2.75) is 15.9 Å². The number of thioether (sulfide) groups is 1. The van der Waals surface area contributed by atoms with Gasteiger partial charge in [-0.05, 0) is 12.0 Å². The van der Waals surface area contributed by atoms with Crippen LogP contribution < -0.4 is 0 Å². The molecule has 94 valence electrons. The van der Waals surface area contributed by atoms with Crippen LogP contribution in [0, 0.1) is 5.92 Å². The molecule has 0 amide bonds. The van der Waals surface area contributed by atoms with E-state index in [-0.39, 0.29) is 0 Å². The summed E-state index contributed by atoms with van der Waals surface area (Å²) in [5.74, 6) is 1.30. The molecule has 1 aliphatic carbocycles. The largest absolute Gasteiger partial charge is 0.333 e. The zero-order chi connectivity index (χ0) is 12.6. The van der Waals surface area contributed by atoms with Crippen molar-refractivity contribution in [3.05, 3.63) is 36.5 Å². The summed E-state index contributed by atoms with van der Waals surface area (Å²) >= 11 is 13.7. The van der Waals surface area contributed by atoms with Crippen molar-refractivity contribution in [3.8, 4) is 11.3 Å². The topological polar surface area (TPSA) is 28.7 Å². The summed E-state index contributed by atoms with van der Waals surface area (Å²) in [5.41, 5.74) is 2.18. The molecule has 2 nitrogen and oxygen atoms in total. The Balaban J connectivity index is 1.64. The fraction of sp³-hybridized carbons (Fsp3) is 0.308. The van der Waals surface area contributed by atoms with Crippen LogP contribution in [0.3, 0.4) is 0 Å². The molecule has 1 N–H and O–H groups in total. The lowest BCUT2D eigenvalue weighted by atomic mass is 10.2. The summed E-state index contributed by atoms with van der Waals surface area (Å²) in [5, 5.41) is 0.921. The third-order valence-corrected chi connectivity index (χ3v) is 4.99. The fourth-order valence-electron chi connectivity index (χ4n) is 1.77. The number of hydrogen-bond donors (Lipinski definition) is 1. The molecule has 1 aromatic carbocycles. The van der Waals surface area contributed by atoms with E-state index in [1.165, 1.54) is 0 Å². The van der Waals surface area contributed by atoms with E-state index in [0.717, 1.165) is 28.6 Å². The zero-order valence-electron chi connectivity index (χ0n) is 9.57. The molecule has 5 heteroatoms. The quantitative estimate of drug-likeness (QED) is 0.671. The Kier molecular flexibility index (Phi) is 3.31. The van der Waals surface area contributed by atoms with Crippen molar-refractivity contribution in [2.24, 2.45) is 5.92 Å². The van der Waals surface area contributed by atoms with Gasteiger partial charge in [0, 0.05) is 11.7 Å². The third kappa shape index (κ3) is 2.68. The second kappa shape index (κ2) is 4.80. The van der Waals surface area contributed by atoms with Gasteiger partial charge in [-0.3, -0.25) is 0 Å². The van der Waals surface area contributed by atoms with Gasteiger partial charge in [-0.1, -0.05) is 42.1 Å². The van der Waals surface area contributed by atoms with E-state index in [0.29, 0.717) is 5.92 Å². The van der Waals surface area contributed by atoms with Crippen molar-refractivity contribution >= 4 is 35.0 Å². The first kappa shape index (κ1) is 12.4. The Hall–Kier alpha value is -0.640. The average molecular weight is 299 g/mol. The predicted octanol–water partition coefficient (Wildman–Crippen LogP) is 4.36. The van der Waals surface area contributed by atoms with Crippen LogP contribution in [0.2, 0.25) is 0 Å². The molecule has 1 saturated carbocycles. The van der Waals surface area contributed by atoms with Gasteiger partial charge in [-0.25, -0.2) is 4.98 Å². The van der Waals surface area contributed by atoms with Crippen LogP contribution in [0.4, 0.5) is 0 Å². The first-order chi connectivity index (χ1) is 8.65. The van der Waals surface area contributed by atoms with Crippen LogP contribution >= 0.6 is 35.0 Å². The van der Waals surface area contributed by atoms with Crippen LogP contribution in [0.15, 0.2) is 41.7 Å². The third-order valence-electron chi connectivity index (χ3n) is 3.01. The molecule has 0 radical (unpaired) electrons. The molecule has 3 rings (SSSR count). The Bertz CT molecular complexity index is 539.